The molecule has 0 aromatic carbocycles. The Morgan fingerprint density at radius 1 is 1.50 bits per heavy atom. The van der Waals surface area contributed by atoms with Crippen molar-refractivity contribution in [2.75, 3.05) is 19.3 Å². The Morgan fingerprint density at radius 2 is 2.32 bits per heavy atom. The van der Waals surface area contributed by atoms with Crippen LogP contribution < -0.4 is 5.32 Å². The molecule has 2 amide bonds. The summed E-state index contributed by atoms with van der Waals surface area (Å²) in [6, 6.07) is 0. The summed E-state index contributed by atoms with van der Waals surface area (Å²) in [7, 11) is 0. The summed E-state index contributed by atoms with van der Waals surface area (Å²) in [6.07, 6.45) is 4.11. The third-order valence-corrected chi connectivity index (χ3v) is 4.19. The van der Waals surface area contributed by atoms with Crippen LogP contribution in [0.4, 0.5) is 0 Å². The van der Waals surface area contributed by atoms with Crippen molar-refractivity contribution in [3.8, 4) is 0 Å². The molecule has 1 aromatic rings. The van der Waals surface area contributed by atoms with E-state index >= 15 is 0 Å². The average molecular weight is 326 g/mol. The molecule has 7 nitrogen and oxygen atoms in total. The molecular formula is C14H22N4O3S. The zero-order valence-electron chi connectivity index (χ0n) is 13.0. The smallest absolute Gasteiger partial charge is 0.246 e. The highest BCUT2D eigenvalue weighted by atomic mass is 32.2. The number of aromatic nitrogens is 2. The lowest BCUT2D eigenvalue weighted by Crippen LogP contribution is -2.45. The molecule has 0 aliphatic carbocycles. The molecule has 0 radical (unpaired) electrons. The molecule has 0 spiro atoms. The predicted octanol–water partition coefficient (Wildman–Crippen LogP) is 1.20. The molecule has 1 atom stereocenters. The molecule has 1 aliphatic heterocycles. The molecule has 1 saturated heterocycles. The summed E-state index contributed by atoms with van der Waals surface area (Å²) >= 11 is 1.61. The van der Waals surface area contributed by atoms with E-state index in [4.69, 9.17) is 4.52 Å². The van der Waals surface area contributed by atoms with Crippen molar-refractivity contribution in [2.24, 2.45) is 5.92 Å². The second kappa shape index (κ2) is 8.17. The molecule has 122 valence electrons. The van der Waals surface area contributed by atoms with Gasteiger partial charge in [0.1, 0.15) is 0 Å². The van der Waals surface area contributed by atoms with E-state index in [9.17, 15) is 9.59 Å². The lowest BCUT2D eigenvalue weighted by Gasteiger charge is -2.31. The van der Waals surface area contributed by atoms with Gasteiger partial charge in [0.05, 0.1) is 18.2 Å². The van der Waals surface area contributed by atoms with Gasteiger partial charge in [-0.1, -0.05) is 12.1 Å². The quantitative estimate of drug-likeness (QED) is 0.845. The number of rotatable bonds is 6. The molecule has 22 heavy (non-hydrogen) atoms. The maximum absolute atomic E-state index is 12.2. The van der Waals surface area contributed by atoms with Crippen molar-refractivity contribution >= 4 is 23.6 Å². The minimum Gasteiger partial charge on any atom is -0.347 e. The molecule has 0 bridgehead atoms. The molecule has 1 N–H and O–H groups in total. The predicted molar refractivity (Wildman–Crippen MR) is 83.0 cm³/mol. The van der Waals surface area contributed by atoms with Crippen LogP contribution >= 0.6 is 11.8 Å². The second-order valence-electron chi connectivity index (χ2n) is 5.29. The monoisotopic (exact) mass is 326 g/mol. The first-order chi connectivity index (χ1) is 10.6. The maximum Gasteiger partial charge on any atom is 0.246 e. The summed E-state index contributed by atoms with van der Waals surface area (Å²) < 4.78 is 5.08. The Kier molecular flexibility index (Phi) is 6.23. The van der Waals surface area contributed by atoms with E-state index in [0.717, 1.165) is 19.4 Å². The third-order valence-electron chi connectivity index (χ3n) is 3.64. The van der Waals surface area contributed by atoms with E-state index < -0.39 is 0 Å². The highest BCUT2D eigenvalue weighted by molar-refractivity contribution is 7.97. The van der Waals surface area contributed by atoms with Gasteiger partial charge in [-0.05, 0) is 19.1 Å². The van der Waals surface area contributed by atoms with Crippen molar-refractivity contribution in [1.29, 1.82) is 0 Å². The average Bonchev–Trinajstić information content (AvgIpc) is 3.00. The fraction of sp³-hybridized carbons (Fsp3) is 0.714. The van der Waals surface area contributed by atoms with Crippen LogP contribution in [0.1, 0.15) is 37.9 Å². The highest BCUT2D eigenvalue weighted by Gasteiger charge is 2.27. The van der Waals surface area contributed by atoms with Gasteiger partial charge in [0.25, 0.3) is 0 Å². The molecule has 2 heterocycles. The van der Waals surface area contributed by atoms with E-state index in [0.29, 0.717) is 30.4 Å². The lowest BCUT2D eigenvalue weighted by molar-refractivity contribution is -0.135. The normalized spacial score (nSPS) is 18.3. The van der Waals surface area contributed by atoms with E-state index in [1.807, 2.05) is 13.2 Å². The van der Waals surface area contributed by atoms with Crippen LogP contribution in [0, 0.1) is 5.92 Å². The number of piperidine rings is 1. The molecule has 8 heteroatoms. The van der Waals surface area contributed by atoms with Gasteiger partial charge in [-0.25, -0.2) is 0 Å². The first-order valence-electron chi connectivity index (χ1n) is 7.50. The maximum atomic E-state index is 12.2. The fourth-order valence-electron chi connectivity index (χ4n) is 2.50. The van der Waals surface area contributed by atoms with Crippen LogP contribution in [0.5, 0.6) is 0 Å². The molecule has 1 aliphatic rings. The molecule has 1 fully saturated rings. The Balaban J connectivity index is 1.82. The number of hydrogen-bond acceptors (Lipinski definition) is 6. The Hall–Kier alpha value is -1.57. The SMILES string of the molecule is CCC(=O)N1CCCC(C(=O)NCc2nc(CSC)no2)C1. The number of thioether (sulfide) groups is 1. The third kappa shape index (κ3) is 4.46. The summed E-state index contributed by atoms with van der Waals surface area (Å²) in [5, 5.41) is 6.65. The molecular weight excluding hydrogens is 304 g/mol. The van der Waals surface area contributed by atoms with Crippen LogP contribution in [0.25, 0.3) is 0 Å². The number of likely N-dealkylation sites (tertiary alicyclic amines) is 1. The van der Waals surface area contributed by atoms with Crippen molar-refractivity contribution in [2.45, 2.75) is 38.5 Å². The number of nitrogens with zero attached hydrogens (tertiary/aromatic N) is 3. The van der Waals surface area contributed by atoms with Crippen LogP contribution in [-0.4, -0.2) is 46.2 Å². The minimum absolute atomic E-state index is 0.0572. The number of nitrogens with one attached hydrogen (secondary N) is 1. The van der Waals surface area contributed by atoms with Crippen molar-refractivity contribution in [1.82, 2.24) is 20.4 Å². The van der Waals surface area contributed by atoms with Gasteiger partial charge in [-0.15, -0.1) is 0 Å². The highest BCUT2D eigenvalue weighted by Crippen LogP contribution is 2.17. The number of carbonyl (C=O) groups excluding carboxylic acids is 2. The van der Waals surface area contributed by atoms with E-state index in [1.165, 1.54) is 0 Å². The van der Waals surface area contributed by atoms with Gasteiger partial charge in [-0.2, -0.15) is 16.7 Å². The lowest BCUT2D eigenvalue weighted by atomic mass is 9.97. The summed E-state index contributed by atoms with van der Waals surface area (Å²) in [5.41, 5.74) is 0. The Bertz CT molecular complexity index is 520. The zero-order chi connectivity index (χ0) is 15.9. The topological polar surface area (TPSA) is 88.3 Å². The van der Waals surface area contributed by atoms with Gasteiger partial charge in [0.15, 0.2) is 5.82 Å². The van der Waals surface area contributed by atoms with Crippen molar-refractivity contribution in [3.63, 3.8) is 0 Å². The van der Waals surface area contributed by atoms with Crippen molar-refractivity contribution < 1.29 is 14.1 Å². The van der Waals surface area contributed by atoms with Crippen LogP contribution in [0.3, 0.4) is 0 Å². The van der Waals surface area contributed by atoms with E-state index in [1.54, 1.807) is 16.7 Å². The molecule has 2 rings (SSSR count). The van der Waals surface area contributed by atoms with Crippen LogP contribution in [0.15, 0.2) is 4.52 Å². The molecule has 1 aromatic heterocycles. The summed E-state index contributed by atoms with van der Waals surface area (Å²) in [5.74, 6) is 1.63. The fourth-order valence-corrected chi connectivity index (χ4v) is 2.87. The van der Waals surface area contributed by atoms with Gasteiger partial charge >= 0.3 is 0 Å². The van der Waals surface area contributed by atoms with Crippen molar-refractivity contribution in [3.05, 3.63) is 11.7 Å². The van der Waals surface area contributed by atoms with Gasteiger partial charge < -0.3 is 14.7 Å². The second-order valence-corrected chi connectivity index (χ2v) is 6.15. The largest absolute Gasteiger partial charge is 0.347 e. The Morgan fingerprint density at radius 3 is 3.05 bits per heavy atom. The number of hydrogen-bond donors (Lipinski definition) is 1. The van der Waals surface area contributed by atoms with Gasteiger partial charge in [-0.3, -0.25) is 9.59 Å². The number of amides is 2. The van der Waals surface area contributed by atoms with E-state index in [-0.39, 0.29) is 24.3 Å². The number of carbonyl (C=O) groups is 2. The van der Waals surface area contributed by atoms with Crippen LogP contribution in [0.2, 0.25) is 0 Å². The zero-order valence-corrected chi connectivity index (χ0v) is 13.8. The van der Waals surface area contributed by atoms with E-state index in [2.05, 4.69) is 15.5 Å². The van der Waals surface area contributed by atoms with Gasteiger partial charge in [0.2, 0.25) is 17.7 Å². The Labute approximate surface area is 134 Å². The van der Waals surface area contributed by atoms with Crippen LogP contribution in [-0.2, 0) is 21.9 Å². The standard InChI is InChI=1S/C14H22N4O3S/c1-3-13(19)18-6-4-5-10(8-18)14(20)15-7-12-16-11(9-22-2)17-21-12/h10H,3-9H2,1-2H3,(H,15,20). The summed E-state index contributed by atoms with van der Waals surface area (Å²) in [4.78, 5) is 29.9. The first-order valence-corrected chi connectivity index (χ1v) is 8.89. The first kappa shape index (κ1) is 16.8. The molecule has 1 unspecified atom stereocenters. The molecule has 0 saturated carbocycles. The summed E-state index contributed by atoms with van der Waals surface area (Å²) in [6.45, 7) is 3.32. The van der Waals surface area contributed by atoms with Gasteiger partial charge in [0, 0.05) is 19.5 Å². The minimum atomic E-state index is -0.155.